The van der Waals surface area contributed by atoms with Crippen molar-refractivity contribution in [2.75, 3.05) is 0 Å². The number of allylic oxidation sites excluding steroid dienone is 1. The summed E-state index contributed by atoms with van der Waals surface area (Å²) in [5.74, 6) is 0. The number of hydrogen-bond acceptors (Lipinski definition) is 2. The fourth-order valence-electron chi connectivity index (χ4n) is 2.00. The fourth-order valence-corrected chi connectivity index (χ4v) is 2.00. The van der Waals surface area contributed by atoms with Gasteiger partial charge in [-0.15, -0.1) is 14.8 Å². The molecule has 6 heteroatoms. The minimum atomic E-state index is 0.778. The Morgan fingerprint density at radius 2 is 2.12 bits per heavy atom. The second kappa shape index (κ2) is 3.00. The lowest BCUT2D eigenvalue weighted by molar-refractivity contribution is 0.441. The van der Waals surface area contributed by atoms with Crippen molar-refractivity contribution in [1.82, 2.24) is 29.6 Å². The summed E-state index contributed by atoms with van der Waals surface area (Å²) in [6, 6.07) is 10.0. The van der Waals surface area contributed by atoms with E-state index in [4.69, 9.17) is 0 Å². The largest absolute Gasteiger partial charge is 0.196 e. The molecule has 1 aliphatic rings. The number of rotatable bonds is 0. The number of aromatic amines is 1. The molecule has 0 fully saturated rings. The summed E-state index contributed by atoms with van der Waals surface area (Å²) in [6.45, 7) is 0.778. The first kappa shape index (κ1) is 8.63. The maximum Gasteiger partial charge on any atom is 0.195 e. The zero-order valence-corrected chi connectivity index (χ0v) is 8.98. The van der Waals surface area contributed by atoms with Gasteiger partial charge in [0.25, 0.3) is 0 Å². The van der Waals surface area contributed by atoms with E-state index in [1.807, 2.05) is 47.4 Å². The van der Waals surface area contributed by atoms with Crippen LogP contribution < -0.4 is 0 Å². The van der Waals surface area contributed by atoms with Gasteiger partial charge in [-0.2, -0.15) is 14.8 Å². The van der Waals surface area contributed by atoms with Crippen molar-refractivity contribution < 1.29 is 0 Å². The van der Waals surface area contributed by atoms with E-state index < -0.39 is 0 Å². The quantitative estimate of drug-likeness (QED) is 0.589. The first-order valence-corrected chi connectivity index (χ1v) is 5.44. The van der Waals surface area contributed by atoms with Crippen LogP contribution in [0.3, 0.4) is 0 Å². The zero-order chi connectivity index (χ0) is 11.2. The number of aromatic nitrogens is 6. The molecule has 1 N–H and O–H groups in total. The van der Waals surface area contributed by atoms with Gasteiger partial charge >= 0.3 is 0 Å². The molecule has 6 nitrogen and oxygen atoms in total. The molecule has 0 radical (unpaired) electrons. The van der Waals surface area contributed by atoms with Crippen molar-refractivity contribution in [2.45, 2.75) is 6.54 Å². The SMILES string of the molecule is C1=Cn2[nH]n3nc4ccccc4cc3nn2C1. The van der Waals surface area contributed by atoms with Crippen molar-refractivity contribution in [1.29, 1.82) is 0 Å². The summed E-state index contributed by atoms with van der Waals surface area (Å²) < 4.78 is 1.68. The molecule has 2 aromatic heterocycles. The molecule has 0 spiro atoms. The summed E-state index contributed by atoms with van der Waals surface area (Å²) in [7, 11) is 0. The first-order chi connectivity index (χ1) is 8.40. The number of H-pyrrole nitrogens is 1. The molecule has 0 unspecified atom stereocenters. The highest BCUT2D eigenvalue weighted by atomic mass is 15.7. The van der Waals surface area contributed by atoms with Gasteiger partial charge in [0, 0.05) is 11.6 Å². The lowest BCUT2D eigenvalue weighted by Gasteiger charge is -2.09. The van der Waals surface area contributed by atoms with Gasteiger partial charge in [-0.1, -0.05) is 18.2 Å². The van der Waals surface area contributed by atoms with Crippen LogP contribution in [-0.4, -0.2) is 29.6 Å². The Balaban J connectivity index is 2.14. The summed E-state index contributed by atoms with van der Waals surface area (Å²) in [4.78, 5) is 3.64. The third-order valence-electron chi connectivity index (χ3n) is 2.83. The van der Waals surface area contributed by atoms with Crippen LogP contribution in [0.25, 0.3) is 22.8 Å². The highest BCUT2D eigenvalue weighted by molar-refractivity contribution is 5.80. The summed E-state index contributed by atoms with van der Waals surface area (Å²) in [6.07, 6.45) is 3.96. The van der Waals surface area contributed by atoms with Crippen LogP contribution in [0.15, 0.2) is 36.4 Å². The number of hydrogen-bond donors (Lipinski definition) is 1. The van der Waals surface area contributed by atoms with E-state index in [1.165, 1.54) is 0 Å². The molecule has 1 aromatic carbocycles. The second-order valence-corrected chi connectivity index (χ2v) is 3.96. The summed E-state index contributed by atoms with van der Waals surface area (Å²) in [5, 5.41) is 13.2. The topological polar surface area (TPSA) is 55.8 Å². The number of nitrogens with zero attached hydrogens (tertiary/aromatic N) is 5. The lowest BCUT2D eigenvalue weighted by Crippen LogP contribution is -2.19. The van der Waals surface area contributed by atoms with Crippen molar-refractivity contribution in [3.8, 4) is 0 Å². The van der Waals surface area contributed by atoms with E-state index in [0.717, 1.165) is 23.1 Å². The molecule has 3 heterocycles. The molecule has 0 bridgehead atoms. The van der Waals surface area contributed by atoms with E-state index in [1.54, 1.807) is 9.43 Å². The standard InChI is InChI=1S/C11H10N6/c1-2-5-10-9(4-1)8-11-13-15-6-3-7-16(15)14-17(11)12-10/h1-5,7-8,14H,6H2. The van der Waals surface area contributed by atoms with E-state index in [9.17, 15) is 0 Å². The Kier molecular flexibility index (Phi) is 1.52. The third-order valence-corrected chi connectivity index (χ3v) is 2.83. The van der Waals surface area contributed by atoms with Crippen LogP contribution in [0.2, 0.25) is 0 Å². The van der Waals surface area contributed by atoms with Crippen LogP contribution in [0.1, 0.15) is 0 Å². The van der Waals surface area contributed by atoms with E-state index in [0.29, 0.717) is 0 Å². The molecule has 1 aliphatic heterocycles. The van der Waals surface area contributed by atoms with Gasteiger partial charge in [-0.05, 0) is 18.2 Å². The Bertz CT molecular complexity index is 779. The van der Waals surface area contributed by atoms with Crippen LogP contribution in [0.5, 0.6) is 0 Å². The predicted molar refractivity (Wildman–Crippen MR) is 63.8 cm³/mol. The van der Waals surface area contributed by atoms with Crippen LogP contribution in [0.4, 0.5) is 0 Å². The number of nitrogens with one attached hydrogen (secondary N) is 1. The average molecular weight is 226 g/mol. The highest BCUT2D eigenvalue weighted by Crippen LogP contribution is 2.11. The molecular weight excluding hydrogens is 216 g/mol. The van der Waals surface area contributed by atoms with Gasteiger partial charge < -0.3 is 0 Å². The van der Waals surface area contributed by atoms with Gasteiger partial charge in [-0.3, -0.25) is 0 Å². The fraction of sp³-hybridized carbons (Fsp3) is 0.0909. The Morgan fingerprint density at radius 1 is 1.18 bits per heavy atom. The maximum absolute atomic E-state index is 4.49. The molecule has 84 valence electrons. The predicted octanol–water partition coefficient (Wildman–Crippen LogP) is 1.42. The van der Waals surface area contributed by atoms with Gasteiger partial charge in [-0.25, -0.2) is 0 Å². The monoisotopic (exact) mass is 226 g/mol. The van der Waals surface area contributed by atoms with Crippen LogP contribution in [-0.2, 0) is 6.54 Å². The molecule has 0 amide bonds. The molecule has 0 saturated carbocycles. The van der Waals surface area contributed by atoms with Crippen molar-refractivity contribution in [2.24, 2.45) is 0 Å². The van der Waals surface area contributed by atoms with Gasteiger partial charge in [0.05, 0.1) is 12.1 Å². The van der Waals surface area contributed by atoms with Crippen molar-refractivity contribution in [3.05, 3.63) is 36.4 Å². The molecule has 0 aliphatic carbocycles. The van der Waals surface area contributed by atoms with Crippen LogP contribution in [0, 0.1) is 0 Å². The minimum absolute atomic E-state index is 0.778. The highest BCUT2D eigenvalue weighted by Gasteiger charge is 2.05. The average Bonchev–Trinajstić information content (AvgIpc) is 2.80. The molecule has 17 heavy (non-hydrogen) atoms. The van der Waals surface area contributed by atoms with Crippen molar-refractivity contribution in [3.63, 3.8) is 0 Å². The molecule has 3 aromatic rings. The Labute approximate surface area is 96.0 Å². The first-order valence-electron chi connectivity index (χ1n) is 5.44. The minimum Gasteiger partial charge on any atom is -0.196 e. The maximum atomic E-state index is 4.49. The molecular formula is C11H10N6. The normalized spacial score (nSPS) is 13.4. The van der Waals surface area contributed by atoms with Crippen molar-refractivity contribution >= 4 is 22.8 Å². The molecule has 0 atom stereocenters. The number of benzene rings is 1. The van der Waals surface area contributed by atoms with E-state index in [2.05, 4.69) is 15.4 Å². The third kappa shape index (κ3) is 1.20. The summed E-state index contributed by atoms with van der Waals surface area (Å²) >= 11 is 0. The molecule has 0 saturated heterocycles. The van der Waals surface area contributed by atoms with Gasteiger partial charge in [0.15, 0.2) is 5.65 Å². The smallest absolute Gasteiger partial charge is 0.195 e. The van der Waals surface area contributed by atoms with E-state index in [-0.39, 0.29) is 0 Å². The lowest BCUT2D eigenvalue weighted by atomic mass is 10.2. The van der Waals surface area contributed by atoms with E-state index >= 15 is 0 Å². The van der Waals surface area contributed by atoms with Gasteiger partial charge in [0.2, 0.25) is 0 Å². The molecule has 4 rings (SSSR count). The Morgan fingerprint density at radius 3 is 3.12 bits per heavy atom. The zero-order valence-electron chi connectivity index (χ0n) is 8.98. The van der Waals surface area contributed by atoms with Crippen LogP contribution >= 0.6 is 0 Å². The Hall–Kier alpha value is -2.50. The second-order valence-electron chi connectivity index (χ2n) is 3.96. The van der Waals surface area contributed by atoms with Gasteiger partial charge in [0.1, 0.15) is 0 Å². The number of fused-ring (bicyclic) bond motifs is 3. The summed E-state index contributed by atoms with van der Waals surface area (Å²) in [5.41, 5.74) is 1.74.